The number of amidine groups is 1. The number of ether oxygens (including phenoxy) is 2. The molecule has 208 valence electrons. The molecule has 1 N–H and O–H groups in total. The fourth-order valence-corrected chi connectivity index (χ4v) is 5.87. The van der Waals surface area contributed by atoms with E-state index in [0.29, 0.717) is 42.2 Å². The lowest BCUT2D eigenvalue weighted by Gasteiger charge is -2.38. The number of thiazole rings is 1. The van der Waals surface area contributed by atoms with Crippen LogP contribution in [-0.2, 0) is 23.9 Å². The van der Waals surface area contributed by atoms with Crippen molar-refractivity contribution in [1.82, 2.24) is 15.2 Å². The molecule has 4 rings (SSSR count). The van der Waals surface area contributed by atoms with Gasteiger partial charge in [0.05, 0.1) is 24.8 Å². The van der Waals surface area contributed by atoms with Gasteiger partial charge in [0.1, 0.15) is 12.6 Å². The lowest BCUT2D eigenvalue weighted by atomic mass is 9.80. The minimum absolute atomic E-state index is 0.110. The van der Waals surface area contributed by atoms with E-state index in [1.54, 1.807) is 11.6 Å². The number of aromatic nitrogens is 1. The Kier molecular flexibility index (Phi) is 8.96. The highest BCUT2D eigenvalue weighted by Gasteiger charge is 2.39. The third kappa shape index (κ3) is 5.96. The first-order valence-electron chi connectivity index (χ1n) is 12.2. The van der Waals surface area contributed by atoms with Crippen molar-refractivity contribution in [3.05, 3.63) is 62.2 Å². The van der Waals surface area contributed by atoms with Gasteiger partial charge in [0, 0.05) is 35.8 Å². The van der Waals surface area contributed by atoms with Crippen molar-refractivity contribution in [3.8, 4) is 0 Å². The van der Waals surface area contributed by atoms with Crippen molar-refractivity contribution >= 4 is 46.6 Å². The van der Waals surface area contributed by atoms with Crippen LogP contribution in [0.5, 0.6) is 0 Å². The Bertz CT molecular complexity index is 1330. The van der Waals surface area contributed by atoms with E-state index in [1.165, 1.54) is 43.4 Å². The van der Waals surface area contributed by atoms with Gasteiger partial charge in [-0.3, -0.25) is 14.6 Å². The second kappa shape index (κ2) is 12.2. The highest BCUT2D eigenvalue weighted by atomic mass is 35.5. The summed E-state index contributed by atoms with van der Waals surface area (Å²) in [6.45, 7) is 1.26. The van der Waals surface area contributed by atoms with Crippen LogP contribution < -0.4 is 5.32 Å². The molecule has 39 heavy (non-hydrogen) atoms. The fourth-order valence-electron chi connectivity index (χ4n) is 5.03. The summed E-state index contributed by atoms with van der Waals surface area (Å²) < 4.78 is 38.2. The molecule has 9 nitrogen and oxygen atoms in total. The molecule has 1 unspecified atom stereocenters. The van der Waals surface area contributed by atoms with Gasteiger partial charge in [0.25, 0.3) is 0 Å². The number of aliphatic imine (C=N–C) groups is 1. The van der Waals surface area contributed by atoms with Gasteiger partial charge in [-0.25, -0.2) is 18.6 Å². The average molecular weight is 581 g/mol. The summed E-state index contributed by atoms with van der Waals surface area (Å²) in [5, 5.41) is 5.08. The lowest BCUT2D eigenvalue weighted by Crippen LogP contribution is -2.45. The van der Waals surface area contributed by atoms with E-state index in [2.05, 4.69) is 15.3 Å². The molecule has 0 radical (unpaired) electrons. The van der Waals surface area contributed by atoms with Crippen molar-refractivity contribution in [2.24, 2.45) is 10.9 Å². The molecular formula is C26H27ClF2N4O5S. The first-order valence-corrected chi connectivity index (χ1v) is 13.5. The number of hydrogen-bond acceptors (Lipinski definition) is 9. The first-order chi connectivity index (χ1) is 18.7. The Morgan fingerprint density at radius 1 is 1.15 bits per heavy atom. The summed E-state index contributed by atoms with van der Waals surface area (Å²) in [5.41, 5.74) is 0.763. The fraction of sp³-hybridized carbons (Fsp3) is 0.423. The summed E-state index contributed by atoms with van der Waals surface area (Å²) in [4.78, 5) is 47.7. The molecule has 1 aromatic carbocycles. The van der Waals surface area contributed by atoms with Crippen LogP contribution in [0.25, 0.3) is 0 Å². The van der Waals surface area contributed by atoms with Crippen molar-refractivity contribution < 1.29 is 32.6 Å². The second-order valence-corrected chi connectivity index (χ2v) is 10.4. The Hall–Kier alpha value is -3.38. The zero-order chi connectivity index (χ0) is 28.3. The molecular weight excluding hydrogens is 554 g/mol. The molecule has 2 aromatic rings. The number of rotatable bonds is 7. The Balaban J connectivity index is 1.73. The summed E-state index contributed by atoms with van der Waals surface area (Å²) in [6.07, 6.45) is 3.83. The van der Waals surface area contributed by atoms with E-state index < -0.39 is 34.6 Å². The number of nitrogens with zero attached hydrogens (tertiary/aromatic N) is 3. The lowest BCUT2D eigenvalue weighted by molar-refractivity contribution is -0.148. The van der Waals surface area contributed by atoms with Gasteiger partial charge in [-0.2, -0.15) is 0 Å². The molecule has 1 aliphatic heterocycles. The first kappa shape index (κ1) is 28.6. The van der Waals surface area contributed by atoms with Crippen molar-refractivity contribution in [1.29, 1.82) is 0 Å². The van der Waals surface area contributed by atoms with Gasteiger partial charge < -0.3 is 19.7 Å². The normalized spacial score (nSPS) is 21.1. The van der Waals surface area contributed by atoms with E-state index in [-0.39, 0.29) is 35.5 Å². The predicted molar refractivity (Wildman–Crippen MR) is 140 cm³/mol. The maximum Gasteiger partial charge on any atom is 0.338 e. The number of carbonyl (C=O) groups is 3. The van der Waals surface area contributed by atoms with Crippen molar-refractivity contribution in [2.75, 3.05) is 20.8 Å². The molecule has 1 saturated carbocycles. The van der Waals surface area contributed by atoms with Gasteiger partial charge in [0.2, 0.25) is 5.91 Å². The summed E-state index contributed by atoms with van der Waals surface area (Å²) in [6, 6.07) is 0.969. The Labute approximate surface area is 232 Å². The average Bonchev–Trinajstić information content (AvgIpc) is 3.49. The van der Waals surface area contributed by atoms with Crippen LogP contribution in [-0.4, -0.2) is 60.4 Å². The molecule has 1 amide bonds. The van der Waals surface area contributed by atoms with E-state index in [9.17, 15) is 23.2 Å². The Morgan fingerprint density at radius 2 is 1.87 bits per heavy atom. The molecule has 2 aliphatic rings. The van der Waals surface area contributed by atoms with E-state index in [4.69, 9.17) is 21.1 Å². The van der Waals surface area contributed by atoms with Crippen LogP contribution in [0, 0.1) is 17.6 Å². The van der Waals surface area contributed by atoms with Crippen LogP contribution in [0.3, 0.4) is 0 Å². The van der Waals surface area contributed by atoms with E-state index in [0.717, 1.165) is 6.07 Å². The molecule has 13 heteroatoms. The van der Waals surface area contributed by atoms with Crippen molar-refractivity contribution in [2.45, 2.75) is 44.7 Å². The molecule has 0 bridgehead atoms. The number of carbonyl (C=O) groups excluding carboxylic acids is 3. The number of esters is 2. The molecule has 1 aromatic heterocycles. The largest absolute Gasteiger partial charge is 0.468 e. The van der Waals surface area contributed by atoms with Crippen LogP contribution >= 0.6 is 22.9 Å². The quantitative estimate of drug-likeness (QED) is 0.386. The van der Waals surface area contributed by atoms with Crippen molar-refractivity contribution in [3.63, 3.8) is 0 Å². The number of benzene rings is 1. The van der Waals surface area contributed by atoms with Gasteiger partial charge in [-0.1, -0.05) is 17.7 Å². The zero-order valence-electron chi connectivity index (χ0n) is 21.5. The molecule has 1 atom stereocenters. The number of allylic oxidation sites excluding steroid dienone is 1. The van der Waals surface area contributed by atoms with Crippen LogP contribution in [0.2, 0.25) is 5.02 Å². The molecule has 0 saturated heterocycles. The standard InChI is InChI=1S/C26H27ClF2N4O5S/c1-13(34)33(12-18(35)37-2)15-6-4-14(5-7-15)22-19(26(36)38-3)23(16-8-9-17(28)21(29)20(16)27)32-24(31-22)25-30-10-11-39-25/h8-11,14-15,23H,4-7,12H2,1-3H3,(H,31,32)/t14-,15-,23?. The second-order valence-electron chi connectivity index (χ2n) is 9.15. The molecule has 1 aliphatic carbocycles. The van der Waals surface area contributed by atoms with Crippen LogP contribution in [0.4, 0.5) is 8.78 Å². The monoisotopic (exact) mass is 580 g/mol. The minimum Gasteiger partial charge on any atom is -0.468 e. The predicted octanol–water partition coefficient (Wildman–Crippen LogP) is 4.17. The minimum atomic E-state index is -1.24. The maximum atomic E-state index is 14.5. The highest BCUT2D eigenvalue weighted by molar-refractivity contribution is 7.11. The van der Waals surface area contributed by atoms with E-state index in [1.807, 2.05) is 0 Å². The third-order valence-electron chi connectivity index (χ3n) is 6.95. The van der Waals surface area contributed by atoms with Gasteiger partial charge in [0.15, 0.2) is 22.5 Å². The molecule has 2 heterocycles. The van der Waals surface area contributed by atoms with Gasteiger partial charge in [-0.15, -0.1) is 11.3 Å². The Morgan fingerprint density at radius 3 is 2.46 bits per heavy atom. The highest BCUT2D eigenvalue weighted by Crippen LogP contribution is 2.42. The maximum absolute atomic E-state index is 14.5. The van der Waals surface area contributed by atoms with Crippen LogP contribution in [0.15, 0.2) is 40.0 Å². The van der Waals surface area contributed by atoms with E-state index >= 15 is 0 Å². The zero-order valence-corrected chi connectivity index (χ0v) is 23.1. The number of hydrogen-bond donors (Lipinski definition) is 1. The SMILES string of the molecule is COC(=O)CN(C(C)=O)[C@H]1CC[C@H](C2=C(C(=O)OC)C(c3ccc(F)c(F)c3Cl)N=C(c3nccs3)N2)CC1. The number of methoxy groups -OCH3 is 2. The number of nitrogens with one attached hydrogen (secondary N) is 1. The van der Waals surface area contributed by atoms with Gasteiger partial charge in [-0.05, 0) is 37.7 Å². The molecule has 0 spiro atoms. The van der Waals surface area contributed by atoms with Crippen LogP contribution in [0.1, 0.15) is 49.2 Å². The summed E-state index contributed by atoms with van der Waals surface area (Å²) in [7, 11) is 2.50. The number of amides is 1. The molecule has 1 fully saturated rings. The smallest absolute Gasteiger partial charge is 0.338 e. The number of halogens is 3. The topological polar surface area (TPSA) is 110 Å². The third-order valence-corrected chi connectivity index (χ3v) is 8.12. The summed E-state index contributed by atoms with van der Waals surface area (Å²) >= 11 is 7.54. The summed E-state index contributed by atoms with van der Waals surface area (Å²) in [5.74, 6) is -3.63. The van der Waals surface area contributed by atoms with Gasteiger partial charge >= 0.3 is 11.9 Å².